The Balaban J connectivity index is 1.73. The molecule has 0 saturated heterocycles. The van der Waals surface area contributed by atoms with E-state index in [4.69, 9.17) is 0 Å². The first-order valence-electron chi connectivity index (χ1n) is 8.37. The van der Waals surface area contributed by atoms with E-state index >= 15 is 0 Å². The van der Waals surface area contributed by atoms with Crippen molar-refractivity contribution in [2.75, 3.05) is 0 Å². The van der Waals surface area contributed by atoms with Gasteiger partial charge in [-0.1, -0.05) is 48.5 Å². The lowest BCUT2D eigenvalue weighted by atomic mass is 10.1. The molecule has 0 bridgehead atoms. The molecular weight excluding hydrogens is 328 g/mol. The third-order valence-electron chi connectivity index (χ3n) is 4.45. The summed E-state index contributed by atoms with van der Waals surface area (Å²) < 4.78 is 3.09. The molecule has 2 heterocycles. The van der Waals surface area contributed by atoms with Crippen molar-refractivity contribution in [2.24, 2.45) is 0 Å². The number of rotatable bonds is 4. The molecule has 1 atom stereocenters. The number of aliphatic hydroxyl groups excluding tert-OH is 1. The summed E-state index contributed by atoms with van der Waals surface area (Å²) in [6.07, 6.45) is 2.22. The molecule has 2 aromatic heterocycles. The highest BCUT2D eigenvalue weighted by molar-refractivity contribution is 5.75. The summed E-state index contributed by atoms with van der Waals surface area (Å²) in [6, 6.07) is 17.1. The van der Waals surface area contributed by atoms with Crippen LogP contribution in [-0.4, -0.2) is 24.4 Å². The van der Waals surface area contributed by atoms with E-state index in [-0.39, 0.29) is 12.1 Å². The molecule has 0 aliphatic rings. The molecule has 0 radical (unpaired) electrons. The molecule has 0 saturated carbocycles. The van der Waals surface area contributed by atoms with Gasteiger partial charge in [0.2, 0.25) is 0 Å². The molecule has 26 heavy (non-hydrogen) atoms. The third-order valence-corrected chi connectivity index (χ3v) is 4.45. The highest BCUT2D eigenvalue weighted by atomic mass is 16.3. The fourth-order valence-corrected chi connectivity index (χ4v) is 3.02. The first kappa shape index (κ1) is 16.2. The number of aryl methyl sites for hydroxylation is 1. The number of aromatic nitrogens is 4. The van der Waals surface area contributed by atoms with E-state index < -0.39 is 6.10 Å². The molecule has 0 aliphatic heterocycles. The Labute approximate surface area is 150 Å². The second-order valence-electron chi connectivity index (χ2n) is 6.21. The number of hydrogen-bond acceptors (Lipinski definition) is 4. The van der Waals surface area contributed by atoms with Gasteiger partial charge in [-0.05, 0) is 24.1 Å². The molecule has 1 unspecified atom stereocenters. The molecule has 4 aromatic rings. The van der Waals surface area contributed by atoms with Gasteiger partial charge in [-0.2, -0.15) is 5.10 Å². The zero-order chi connectivity index (χ0) is 18.1. The molecule has 4 rings (SSSR count). The molecule has 6 nitrogen and oxygen atoms in total. The number of hydrogen-bond donors (Lipinski definition) is 1. The van der Waals surface area contributed by atoms with Crippen LogP contribution in [0.25, 0.3) is 16.7 Å². The van der Waals surface area contributed by atoms with Gasteiger partial charge < -0.3 is 5.11 Å². The molecule has 0 spiro atoms. The summed E-state index contributed by atoms with van der Waals surface area (Å²) >= 11 is 0. The molecule has 1 N–H and O–H groups in total. The van der Waals surface area contributed by atoms with Crippen molar-refractivity contribution >= 4 is 11.0 Å². The van der Waals surface area contributed by atoms with Crippen LogP contribution in [0.1, 0.15) is 17.2 Å². The van der Waals surface area contributed by atoms with Gasteiger partial charge in [0.1, 0.15) is 11.7 Å². The summed E-state index contributed by atoms with van der Waals surface area (Å²) in [5, 5.41) is 15.2. The molecule has 0 fully saturated rings. The minimum absolute atomic E-state index is 0.140. The number of nitrogens with zero attached hydrogens (tertiary/aromatic N) is 4. The molecule has 6 heteroatoms. The van der Waals surface area contributed by atoms with Gasteiger partial charge in [0.15, 0.2) is 5.65 Å². The van der Waals surface area contributed by atoms with Gasteiger partial charge >= 0.3 is 0 Å². The summed E-state index contributed by atoms with van der Waals surface area (Å²) in [4.78, 5) is 17.2. The molecule has 0 aliphatic carbocycles. The van der Waals surface area contributed by atoms with Crippen LogP contribution in [0.4, 0.5) is 0 Å². The van der Waals surface area contributed by atoms with E-state index in [9.17, 15) is 9.90 Å². The van der Waals surface area contributed by atoms with Crippen molar-refractivity contribution in [1.29, 1.82) is 0 Å². The van der Waals surface area contributed by atoms with Crippen LogP contribution in [-0.2, 0) is 6.54 Å². The Hall–Kier alpha value is -3.25. The predicted molar refractivity (Wildman–Crippen MR) is 99.3 cm³/mol. The van der Waals surface area contributed by atoms with Crippen molar-refractivity contribution in [3.05, 3.63) is 88.6 Å². The Morgan fingerprint density at radius 3 is 2.58 bits per heavy atom. The SMILES string of the molecule is Cc1ccccc1-n1ncc2c(=O)n(CC(O)c3ccccc3)cnc21. The van der Waals surface area contributed by atoms with Crippen molar-refractivity contribution in [2.45, 2.75) is 19.6 Å². The van der Waals surface area contributed by atoms with Crippen molar-refractivity contribution in [3.63, 3.8) is 0 Å². The van der Waals surface area contributed by atoms with Crippen LogP contribution in [0.15, 0.2) is 71.9 Å². The van der Waals surface area contributed by atoms with E-state index in [1.165, 1.54) is 17.1 Å². The fraction of sp³-hybridized carbons (Fsp3) is 0.150. The average Bonchev–Trinajstić information content (AvgIpc) is 3.10. The van der Waals surface area contributed by atoms with Gasteiger partial charge in [-0.3, -0.25) is 9.36 Å². The van der Waals surface area contributed by atoms with Gasteiger partial charge in [-0.15, -0.1) is 0 Å². The van der Waals surface area contributed by atoms with Crippen LogP contribution in [0, 0.1) is 6.92 Å². The Bertz CT molecular complexity index is 1120. The lowest BCUT2D eigenvalue weighted by molar-refractivity contribution is 0.155. The van der Waals surface area contributed by atoms with Crippen LogP contribution < -0.4 is 5.56 Å². The van der Waals surface area contributed by atoms with Gasteiger partial charge in [0.05, 0.1) is 24.5 Å². The minimum Gasteiger partial charge on any atom is -0.387 e. The van der Waals surface area contributed by atoms with E-state index in [0.29, 0.717) is 11.0 Å². The number of aliphatic hydroxyl groups is 1. The van der Waals surface area contributed by atoms with Crippen LogP contribution in [0.5, 0.6) is 0 Å². The second-order valence-corrected chi connectivity index (χ2v) is 6.21. The normalized spacial score (nSPS) is 12.4. The van der Waals surface area contributed by atoms with Crippen molar-refractivity contribution in [1.82, 2.24) is 19.3 Å². The zero-order valence-electron chi connectivity index (χ0n) is 14.3. The van der Waals surface area contributed by atoms with E-state index in [1.54, 1.807) is 4.68 Å². The summed E-state index contributed by atoms with van der Waals surface area (Å²) in [6.45, 7) is 2.13. The van der Waals surface area contributed by atoms with E-state index in [1.807, 2.05) is 61.5 Å². The van der Waals surface area contributed by atoms with Crippen molar-refractivity contribution in [3.8, 4) is 5.69 Å². The van der Waals surface area contributed by atoms with E-state index in [0.717, 1.165) is 16.8 Å². The summed E-state index contributed by atoms with van der Waals surface area (Å²) in [7, 11) is 0. The Kier molecular flexibility index (Phi) is 4.10. The zero-order valence-corrected chi connectivity index (χ0v) is 14.3. The van der Waals surface area contributed by atoms with E-state index in [2.05, 4.69) is 10.1 Å². The maximum absolute atomic E-state index is 12.8. The lowest BCUT2D eigenvalue weighted by Gasteiger charge is -2.13. The Morgan fingerprint density at radius 1 is 1.08 bits per heavy atom. The fourth-order valence-electron chi connectivity index (χ4n) is 3.02. The maximum Gasteiger partial charge on any atom is 0.264 e. The predicted octanol–water partition coefficient (Wildman–Crippen LogP) is 2.62. The highest BCUT2D eigenvalue weighted by Gasteiger charge is 2.15. The average molecular weight is 346 g/mol. The topological polar surface area (TPSA) is 72.9 Å². The van der Waals surface area contributed by atoms with Crippen molar-refractivity contribution < 1.29 is 5.11 Å². The molecule has 130 valence electrons. The first-order valence-corrected chi connectivity index (χ1v) is 8.37. The van der Waals surface area contributed by atoms with Gasteiger partial charge in [0, 0.05) is 0 Å². The number of fused-ring (bicyclic) bond motifs is 1. The number of para-hydroxylation sites is 1. The maximum atomic E-state index is 12.8. The molecule has 0 amide bonds. The van der Waals surface area contributed by atoms with Gasteiger partial charge in [0.25, 0.3) is 5.56 Å². The first-order chi connectivity index (χ1) is 12.6. The minimum atomic E-state index is -0.778. The quantitative estimate of drug-likeness (QED) is 0.616. The molecular formula is C20H18N4O2. The highest BCUT2D eigenvalue weighted by Crippen LogP contribution is 2.18. The standard InChI is InChI=1S/C20H18N4O2/c1-14-7-5-6-10-17(14)24-19-16(11-22-24)20(26)23(13-21-19)12-18(25)15-8-3-2-4-9-15/h2-11,13,18,25H,12H2,1H3. The summed E-state index contributed by atoms with van der Waals surface area (Å²) in [5.74, 6) is 0. The second kappa shape index (κ2) is 6.57. The lowest BCUT2D eigenvalue weighted by Crippen LogP contribution is -2.23. The largest absolute Gasteiger partial charge is 0.387 e. The smallest absolute Gasteiger partial charge is 0.264 e. The third kappa shape index (κ3) is 2.80. The molecule has 2 aromatic carbocycles. The Morgan fingerprint density at radius 2 is 1.81 bits per heavy atom. The van der Waals surface area contributed by atoms with Crippen LogP contribution in [0.2, 0.25) is 0 Å². The van der Waals surface area contributed by atoms with Crippen LogP contribution >= 0.6 is 0 Å². The summed E-state index contributed by atoms with van der Waals surface area (Å²) in [5.41, 5.74) is 2.98. The van der Waals surface area contributed by atoms with Gasteiger partial charge in [-0.25, -0.2) is 9.67 Å². The van der Waals surface area contributed by atoms with Crippen LogP contribution in [0.3, 0.4) is 0 Å². The number of benzene rings is 2. The monoisotopic (exact) mass is 346 g/mol.